The Morgan fingerprint density at radius 3 is 2.06 bits per heavy atom. The van der Waals surface area contributed by atoms with Crippen molar-refractivity contribution in [3.63, 3.8) is 0 Å². The molecule has 0 fully saturated rings. The smallest absolute Gasteiger partial charge is 0.269 e. The average molecular weight is 256 g/mol. The van der Waals surface area contributed by atoms with Crippen molar-refractivity contribution in [2.24, 2.45) is 0 Å². The zero-order valence-corrected chi connectivity index (χ0v) is 12.5. The molecule has 0 unspecified atom stereocenters. The molecule has 0 aliphatic rings. The molecule has 0 bridgehead atoms. The van der Waals surface area contributed by atoms with E-state index in [0.717, 1.165) is 5.82 Å². The van der Waals surface area contributed by atoms with Gasteiger partial charge in [0, 0.05) is 0 Å². The van der Waals surface area contributed by atoms with Crippen molar-refractivity contribution in [2.75, 3.05) is 0 Å². The lowest BCUT2D eigenvalue weighted by molar-refractivity contribution is -0.754. The van der Waals surface area contributed by atoms with Gasteiger partial charge in [-0.1, -0.05) is 0 Å². The number of nitrogens with zero attached hydrogens (tertiary/aromatic N) is 2. The van der Waals surface area contributed by atoms with E-state index in [1.165, 1.54) is 0 Å². The maximum atomic E-state index is 5.20. The minimum atomic E-state index is -0.00525. The van der Waals surface area contributed by atoms with Gasteiger partial charge >= 0.3 is 0 Å². The normalized spacial score (nSPS) is 12.9. The summed E-state index contributed by atoms with van der Waals surface area (Å²) in [7, 11) is 0. The molecule has 0 saturated carbocycles. The molecule has 0 saturated heterocycles. The van der Waals surface area contributed by atoms with E-state index in [0.29, 0.717) is 4.20 Å². The Morgan fingerprint density at radius 1 is 1.25 bits per heavy atom. The van der Waals surface area contributed by atoms with Crippen molar-refractivity contribution in [2.45, 2.75) is 52.6 Å². The van der Waals surface area contributed by atoms with Gasteiger partial charge < -0.3 is 24.8 Å². The van der Waals surface area contributed by atoms with Gasteiger partial charge in [0.2, 0.25) is 0 Å². The molecule has 0 aromatic carbocycles. The van der Waals surface area contributed by atoms with E-state index in [4.69, 9.17) is 24.8 Å². The number of imidazole rings is 1. The summed E-state index contributed by atoms with van der Waals surface area (Å²) in [6.45, 7) is 12.9. The summed E-state index contributed by atoms with van der Waals surface area (Å²) in [5, 5.41) is 0. The summed E-state index contributed by atoms with van der Waals surface area (Å²) in [6, 6.07) is 0. The predicted octanol–water partition coefficient (Wildman–Crippen LogP) is 2.51. The van der Waals surface area contributed by atoms with Crippen LogP contribution in [0.15, 0.2) is 12.4 Å². The summed E-state index contributed by atoms with van der Waals surface area (Å²) in [5.41, 5.74) is -0.0105. The molecule has 0 N–H and O–H groups in total. The van der Waals surface area contributed by atoms with Crippen LogP contribution in [-0.2, 0) is 23.7 Å². The SMILES string of the molecule is CC(C)(C)n1cc[n+](C(C)(C)C)c1C(=S)[S-]. The highest BCUT2D eigenvalue weighted by atomic mass is 32.1. The van der Waals surface area contributed by atoms with Crippen LogP contribution in [0.4, 0.5) is 0 Å². The number of rotatable bonds is 1. The molecule has 0 aliphatic heterocycles. The Morgan fingerprint density at radius 2 is 1.75 bits per heavy atom. The fraction of sp³-hybridized carbons (Fsp3) is 0.667. The lowest BCUT2D eigenvalue weighted by Gasteiger charge is -2.22. The lowest BCUT2D eigenvalue weighted by atomic mass is 10.1. The molecule has 0 radical (unpaired) electrons. The van der Waals surface area contributed by atoms with Gasteiger partial charge in [-0.2, -0.15) is 0 Å². The first-order chi connectivity index (χ1) is 7.05. The Hall–Kier alpha value is -0.480. The fourth-order valence-electron chi connectivity index (χ4n) is 1.67. The standard InChI is InChI=1S/C12H20N2S2/c1-11(2,3)13-7-8-14(12(4,5)6)9(13)10(15)16/h7-8H,1-6H3. The van der Waals surface area contributed by atoms with Crippen molar-refractivity contribution in [3.05, 3.63) is 18.2 Å². The second-order valence-electron chi connectivity index (χ2n) is 5.99. The largest absolute Gasteiger partial charge is 0.421 e. The fourth-order valence-corrected chi connectivity index (χ4v) is 2.06. The molecule has 0 amide bonds. The average Bonchev–Trinajstić information content (AvgIpc) is 2.43. The van der Waals surface area contributed by atoms with Crippen molar-refractivity contribution in [1.29, 1.82) is 0 Å². The van der Waals surface area contributed by atoms with Crippen LogP contribution in [0.3, 0.4) is 0 Å². The maximum absolute atomic E-state index is 5.20. The molecule has 1 aromatic heterocycles. The zero-order valence-electron chi connectivity index (χ0n) is 10.9. The highest BCUT2D eigenvalue weighted by molar-refractivity contribution is 8.01. The molecule has 0 atom stereocenters. The van der Waals surface area contributed by atoms with Crippen LogP contribution in [0.5, 0.6) is 0 Å². The molecule has 1 heterocycles. The molecule has 4 heteroatoms. The van der Waals surface area contributed by atoms with Gasteiger partial charge in [0.15, 0.2) is 0 Å². The first kappa shape index (κ1) is 13.6. The summed E-state index contributed by atoms with van der Waals surface area (Å²) in [4.78, 5) is 0. The molecule has 1 aromatic rings. The molecule has 0 spiro atoms. The van der Waals surface area contributed by atoms with Crippen LogP contribution in [-0.4, -0.2) is 8.76 Å². The van der Waals surface area contributed by atoms with Crippen molar-refractivity contribution in [3.8, 4) is 0 Å². The summed E-state index contributed by atoms with van der Waals surface area (Å²) < 4.78 is 4.82. The van der Waals surface area contributed by atoms with Crippen LogP contribution >= 0.6 is 12.2 Å². The van der Waals surface area contributed by atoms with Gasteiger partial charge in [0.1, 0.15) is 23.5 Å². The van der Waals surface area contributed by atoms with E-state index in [9.17, 15) is 0 Å². The first-order valence-corrected chi connectivity index (χ1v) is 6.22. The monoisotopic (exact) mass is 256 g/mol. The van der Waals surface area contributed by atoms with E-state index in [-0.39, 0.29) is 11.1 Å². The van der Waals surface area contributed by atoms with Crippen molar-refractivity contribution >= 4 is 29.0 Å². The van der Waals surface area contributed by atoms with Crippen LogP contribution in [0.2, 0.25) is 0 Å². The third-order valence-electron chi connectivity index (χ3n) is 2.45. The van der Waals surface area contributed by atoms with E-state index in [2.05, 4.69) is 63.1 Å². The second-order valence-corrected chi connectivity index (χ2v) is 7.07. The topological polar surface area (TPSA) is 8.81 Å². The van der Waals surface area contributed by atoms with E-state index < -0.39 is 0 Å². The summed E-state index contributed by atoms with van der Waals surface area (Å²) >= 11 is 10.4. The Kier molecular flexibility index (Phi) is 3.46. The number of thiocarbonyl (C=S) groups is 1. The molecule has 90 valence electrons. The Balaban J connectivity index is 3.47. The summed E-state index contributed by atoms with van der Waals surface area (Å²) in [5.74, 6) is 0.949. The van der Waals surface area contributed by atoms with Crippen molar-refractivity contribution in [1.82, 2.24) is 4.57 Å². The first-order valence-electron chi connectivity index (χ1n) is 5.40. The quantitative estimate of drug-likeness (QED) is 0.434. The third kappa shape index (κ3) is 2.61. The molecule has 2 nitrogen and oxygen atoms in total. The third-order valence-corrected chi connectivity index (χ3v) is 2.81. The van der Waals surface area contributed by atoms with Gasteiger partial charge in [0.05, 0.1) is 0 Å². The molecular weight excluding hydrogens is 236 g/mol. The van der Waals surface area contributed by atoms with Crippen LogP contribution in [0, 0.1) is 0 Å². The lowest BCUT2D eigenvalue weighted by Crippen LogP contribution is -2.53. The Labute approximate surface area is 109 Å². The minimum absolute atomic E-state index is 0.00525. The molecule has 1 rings (SSSR count). The number of aromatic nitrogens is 2. The highest BCUT2D eigenvalue weighted by Crippen LogP contribution is 2.18. The molecule has 16 heavy (non-hydrogen) atoms. The minimum Gasteiger partial charge on any atom is -0.421 e. The van der Waals surface area contributed by atoms with Gasteiger partial charge in [-0.3, -0.25) is 0 Å². The van der Waals surface area contributed by atoms with Gasteiger partial charge in [0.25, 0.3) is 5.82 Å². The van der Waals surface area contributed by atoms with Gasteiger partial charge in [-0.05, 0) is 45.7 Å². The van der Waals surface area contributed by atoms with E-state index >= 15 is 0 Å². The maximum Gasteiger partial charge on any atom is 0.269 e. The van der Waals surface area contributed by atoms with E-state index in [1.807, 2.05) is 0 Å². The molecule has 0 aliphatic carbocycles. The Bertz CT molecular complexity index is 374. The van der Waals surface area contributed by atoms with Crippen LogP contribution in [0.25, 0.3) is 0 Å². The number of hydrogen-bond acceptors (Lipinski definition) is 2. The van der Waals surface area contributed by atoms with Crippen LogP contribution in [0.1, 0.15) is 47.4 Å². The number of hydrogen-bond donors (Lipinski definition) is 0. The van der Waals surface area contributed by atoms with Gasteiger partial charge in [-0.25, -0.2) is 9.13 Å². The van der Waals surface area contributed by atoms with Crippen molar-refractivity contribution < 1.29 is 4.57 Å². The highest BCUT2D eigenvalue weighted by Gasteiger charge is 2.30. The zero-order chi connectivity index (χ0) is 12.7. The second kappa shape index (κ2) is 4.08. The van der Waals surface area contributed by atoms with E-state index in [1.54, 1.807) is 0 Å². The van der Waals surface area contributed by atoms with Gasteiger partial charge in [-0.15, -0.1) is 0 Å². The van der Waals surface area contributed by atoms with Crippen LogP contribution < -0.4 is 4.57 Å². The summed E-state index contributed by atoms with van der Waals surface area (Å²) in [6.07, 6.45) is 4.11. The predicted molar refractivity (Wildman–Crippen MR) is 73.7 cm³/mol. The molecular formula is C12H20N2S2.